The maximum Gasteiger partial charge on any atom is 0.136 e. The monoisotopic (exact) mass is 637 g/mol. The molecule has 9 aromatic carbocycles. The van der Waals surface area contributed by atoms with Crippen LogP contribution in [-0.2, 0) is 0 Å². The van der Waals surface area contributed by atoms with E-state index in [0.29, 0.717) is 0 Å². The highest BCUT2D eigenvalue weighted by Gasteiger charge is 2.17. The summed E-state index contributed by atoms with van der Waals surface area (Å²) in [5.41, 5.74) is 9.95. The number of hydrogen-bond donors (Lipinski definition) is 0. The zero-order chi connectivity index (χ0) is 33.0. The average Bonchev–Trinajstić information content (AvgIpc) is 3.55. The second-order valence-electron chi connectivity index (χ2n) is 13.0. The standard InChI is InChI=1S/C48H31NO/c1-2-11-32(12-3-1)34-15-8-17-38(27-34)49(39-18-9-16-35(28-39)42-21-10-14-33-13-4-5-19-41(33)42)40-25-26-43-36(29-40)23-24-37-30-48-46(31-45(37)43)44-20-6-7-22-47(44)50-48/h1-31H. The molecule has 0 radical (unpaired) electrons. The van der Waals surface area contributed by atoms with Crippen LogP contribution >= 0.6 is 0 Å². The summed E-state index contributed by atoms with van der Waals surface area (Å²) < 4.78 is 6.22. The molecule has 1 heterocycles. The van der Waals surface area contributed by atoms with Gasteiger partial charge in [0.15, 0.2) is 0 Å². The molecule has 0 unspecified atom stereocenters. The Balaban J connectivity index is 1.16. The second kappa shape index (κ2) is 11.5. The van der Waals surface area contributed by atoms with Crippen LogP contribution in [0.5, 0.6) is 0 Å². The van der Waals surface area contributed by atoms with Gasteiger partial charge in [-0.2, -0.15) is 0 Å². The molecule has 0 bridgehead atoms. The van der Waals surface area contributed by atoms with Crippen molar-refractivity contribution in [3.05, 3.63) is 188 Å². The molecule has 0 spiro atoms. The van der Waals surface area contributed by atoms with Gasteiger partial charge in [-0.15, -0.1) is 0 Å². The molecular weight excluding hydrogens is 607 g/mol. The first-order chi connectivity index (χ1) is 24.8. The maximum absolute atomic E-state index is 6.22. The van der Waals surface area contributed by atoms with Gasteiger partial charge in [0.2, 0.25) is 0 Å². The van der Waals surface area contributed by atoms with Crippen molar-refractivity contribution < 1.29 is 4.42 Å². The predicted octanol–water partition coefficient (Wildman–Crippen LogP) is 13.8. The highest BCUT2D eigenvalue weighted by atomic mass is 16.3. The summed E-state index contributed by atoms with van der Waals surface area (Å²) in [6.45, 7) is 0. The van der Waals surface area contributed by atoms with Crippen molar-refractivity contribution in [1.29, 1.82) is 0 Å². The molecule has 0 saturated heterocycles. The number of benzene rings is 9. The molecule has 50 heavy (non-hydrogen) atoms. The van der Waals surface area contributed by atoms with Crippen LogP contribution in [0.3, 0.4) is 0 Å². The quantitative estimate of drug-likeness (QED) is 0.175. The average molecular weight is 638 g/mol. The number of furan rings is 1. The van der Waals surface area contributed by atoms with Crippen LogP contribution in [0, 0.1) is 0 Å². The first-order valence-corrected chi connectivity index (χ1v) is 17.1. The molecule has 2 heteroatoms. The van der Waals surface area contributed by atoms with Crippen molar-refractivity contribution in [2.75, 3.05) is 4.90 Å². The van der Waals surface area contributed by atoms with Crippen LogP contribution < -0.4 is 4.90 Å². The molecule has 234 valence electrons. The first-order valence-electron chi connectivity index (χ1n) is 17.1. The van der Waals surface area contributed by atoms with E-state index >= 15 is 0 Å². The van der Waals surface area contributed by atoms with E-state index < -0.39 is 0 Å². The molecular formula is C48H31NO. The Labute approximate surface area is 290 Å². The summed E-state index contributed by atoms with van der Waals surface area (Å²) in [5, 5.41) is 9.60. The zero-order valence-electron chi connectivity index (χ0n) is 27.3. The summed E-state index contributed by atoms with van der Waals surface area (Å²) >= 11 is 0. The molecule has 1 aromatic heterocycles. The van der Waals surface area contributed by atoms with Gasteiger partial charge in [0, 0.05) is 27.8 Å². The summed E-state index contributed by atoms with van der Waals surface area (Å²) in [6.07, 6.45) is 0. The SMILES string of the molecule is c1ccc(-c2cccc(N(c3cccc(-c4cccc5ccccc45)c3)c3ccc4c(ccc5cc6oc7ccccc7c6cc54)c3)c2)cc1. The topological polar surface area (TPSA) is 16.4 Å². The number of nitrogens with zero attached hydrogens (tertiary/aromatic N) is 1. The van der Waals surface area contributed by atoms with Crippen LogP contribution in [0.25, 0.3) is 76.5 Å². The van der Waals surface area contributed by atoms with Gasteiger partial charge in [0.05, 0.1) is 0 Å². The number of anilines is 3. The van der Waals surface area contributed by atoms with Crippen molar-refractivity contribution in [2.45, 2.75) is 0 Å². The third kappa shape index (κ3) is 4.73. The van der Waals surface area contributed by atoms with Gasteiger partial charge in [0.25, 0.3) is 0 Å². The molecule has 0 amide bonds. The Morgan fingerprint density at radius 3 is 1.80 bits per heavy atom. The van der Waals surface area contributed by atoms with E-state index in [1.165, 1.54) is 54.6 Å². The van der Waals surface area contributed by atoms with Crippen molar-refractivity contribution in [3.63, 3.8) is 0 Å². The van der Waals surface area contributed by atoms with E-state index in [1.807, 2.05) is 12.1 Å². The van der Waals surface area contributed by atoms with Gasteiger partial charge < -0.3 is 9.32 Å². The molecule has 0 aliphatic heterocycles. The van der Waals surface area contributed by atoms with Gasteiger partial charge in [-0.25, -0.2) is 0 Å². The maximum atomic E-state index is 6.22. The molecule has 2 nitrogen and oxygen atoms in total. The smallest absolute Gasteiger partial charge is 0.136 e. The number of rotatable bonds is 5. The number of hydrogen-bond acceptors (Lipinski definition) is 2. The minimum absolute atomic E-state index is 0.920. The van der Waals surface area contributed by atoms with Crippen molar-refractivity contribution in [3.8, 4) is 22.3 Å². The predicted molar refractivity (Wildman–Crippen MR) is 212 cm³/mol. The second-order valence-corrected chi connectivity index (χ2v) is 13.0. The fourth-order valence-corrected chi connectivity index (χ4v) is 7.60. The Morgan fingerprint density at radius 2 is 0.940 bits per heavy atom. The molecule has 0 atom stereocenters. The lowest BCUT2D eigenvalue weighted by molar-refractivity contribution is 0.669. The van der Waals surface area contributed by atoms with E-state index in [1.54, 1.807) is 0 Å². The minimum Gasteiger partial charge on any atom is -0.456 e. The van der Waals surface area contributed by atoms with Crippen LogP contribution in [0.2, 0.25) is 0 Å². The van der Waals surface area contributed by atoms with Gasteiger partial charge in [0.1, 0.15) is 11.2 Å². The van der Waals surface area contributed by atoms with Crippen molar-refractivity contribution >= 4 is 71.3 Å². The van der Waals surface area contributed by atoms with Crippen LogP contribution in [0.4, 0.5) is 17.1 Å². The van der Waals surface area contributed by atoms with E-state index in [0.717, 1.165) is 39.0 Å². The lowest BCUT2D eigenvalue weighted by atomic mass is 9.97. The van der Waals surface area contributed by atoms with E-state index in [-0.39, 0.29) is 0 Å². The fourth-order valence-electron chi connectivity index (χ4n) is 7.60. The molecule has 10 rings (SSSR count). The van der Waals surface area contributed by atoms with E-state index in [4.69, 9.17) is 4.42 Å². The normalized spacial score (nSPS) is 11.6. The lowest BCUT2D eigenvalue weighted by Gasteiger charge is -2.27. The lowest BCUT2D eigenvalue weighted by Crippen LogP contribution is -2.10. The third-order valence-electron chi connectivity index (χ3n) is 9.99. The highest BCUT2D eigenvalue weighted by molar-refractivity contribution is 6.16. The number of para-hydroxylation sites is 1. The summed E-state index contributed by atoms with van der Waals surface area (Å²) in [7, 11) is 0. The van der Waals surface area contributed by atoms with Gasteiger partial charge in [-0.3, -0.25) is 0 Å². The van der Waals surface area contributed by atoms with Gasteiger partial charge >= 0.3 is 0 Å². The molecule has 10 aromatic rings. The first kappa shape index (κ1) is 28.4. The molecule has 0 saturated carbocycles. The molecule has 0 N–H and O–H groups in total. The summed E-state index contributed by atoms with van der Waals surface area (Å²) in [6, 6.07) is 67.7. The third-order valence-corrected chi connectivity index (χ3v) is 9.99. The van der Waals surface area contributed by atoms with Gasteiger partial charge in [-0.1, -0.05) is 133 Å². The molecule has 0 fully saturated rings. The van der Waals surface area contributed by atoms with Gasteiger partial charge in [-0.05, 0) is 109 Å². The van der Waals surface area contributed by atoms with Crippen LogP contribution in [-0.4, -0.2) is 0 Å². The fraction of sp³-hybridized carbons (Fsp3) is 0. The Hall–Kier alpha value is -6.64. The van der Waals surface area contributed by atoms with E-state index in [2.05, 4.69) is 181 Å². The largest absolute Gasteiger partial charge is 0.456 e. The number of fused-ring (bicyclic) bond motifs is 7. The minimum atomic E-state index is 0.920. The highest BCUT2D eigenvalue weighted by Crippen LogP contribution is 2.42. The van der Waals surface area contributed by atoms with Crippen LogP contribution in [0.1, 0.15) is 0 Å². The Bertz CT molecular complexity index is 2880. The Kier molecular flexibility index (Phi) is 6.53. The van der Waals surface area contributed by atoms with E-state index in [9.17, 15) is 0 Å². The van der Waals surface area contributed by atoms with Crippen molar-refractivity contribution in [1.82, 2.24) is 0 Å². The molecule has 0 aliphatic rings. The van der Waals surface area contributed by atoms with Crippen LogP contribution in [0.15, 0.2) is 192 Å². The summed E-state index contributed by atoms with van der Waals surface area (Å²) in [4.78, 5) is 2.39. The van der Waals surface area contributed by atoms with Crippen molar-refractivity contribution in [2.24, 2.45) is 0 Å². The molecule has 0 aliphatic carbocycles. The zero-order valence-corrected chi connectivity index (χ0v) is 27.3. The summed E-state index contributed by atoms with van der Waals surface area (Å²) in [5.74, 6) is 0. The Morgan fingerprint density at radius 1 is 0.300 bits per heavy atom.